The highest BCUT2D eigenvalue weighted by Crippen LogP contribution is 2.23. The Labute approximate surface area is 178 Å². The molecule has 2 amide bonds. The first-order chi connectivity index (χ1) is 15.0. The highest BCUT2D eigenvalue weighted by molar-refractivity contribution is 5.94. The summed E-state index contributed by atoms with van der Waals surface area (Å²) in [6.45, 7) is -0.629. The molecule has 0 aliphatic heterocycles. The molecule has 172 valence electrons. The van der Waals surface area contributed by atoms with E-state index in [1.807, 2.05) is 0 Å². The molecule has 0 unspecified atom stereocenters. The average Bonchev–Trinajstić information content (AvgIpc) is 2.70. The summed E-state index contributed by atoms with van der Waals surface area (Å²) >= 11 is 0. The summed E-state index contributed by atoms with van der Waals surface area (Å²) in [5.74, 6) is -4.54. The van der Waals surface area contributed by atoms with Crippen molar-refractivity contribution in [1.82, 2.24) is 5.32 Å². The molecule has 0 fully saturated rings. The number of nitrogens with one attached hydrogen (secondary N) is 2. The largest absolute Gasteiger partial charge is 0.573 e. The van der Waals surface area contributed by atoms with Crippen molar-refractivity contribution in [2.24, 2.45) is 0 Å². The van der Waals surface area contributed by atoms with Crippen LogP contribution in [0.3, 0.4) is 0 Å². The van der Waals surface area contributed by atoms with Gasteiger partial charge in [0.05, 0.1) is 5.56 Å². The van der Waals surface area contributed by atoms with Gasteiger partial charge in [0.2, 0.25) is 0 Å². The van der Waals surface area contributed by atoms with E-state index in [0.717, 1.165) is 24.3 Å². The van der Waals surface area contributed by atoms with Gasteiger partial charge in [-0.15, -0.1) is 13.2 Å². The van der Waals surface area contributed by atoms with E-state index in [1.165, 1.54) is 12.1 Å². The molecule has 0 atom stereocenters. The molecule has 0 aliphatic carbocycles. The summed E-state index contributed by atoms with van der Waals surface area (Å²) in [5.41, 5.74) is -0.181. The van der Waals surface area contributed by atoms with Crippen molar-refractivity contribution >= 4 is 23.5 Å². The highest BCUT2D eigenvalue weighted by atomic mass is 19.4. The Balaban J connectivity index is 1.65. The van der Waals surface area contributed by atoms with Crippen LogP contribution in [0.4, 0.5) is 27.6 Å². The molecule has 0 saturated heterocycles. The van der Waals surface area contributed by atoms with Crippen molar-refractivity contribution in [1.29, 1.82) is 0 Å². The molecule has 0 aliphatic rings. The Kier molecular flexibility index (Phi) is 8.50. The van der Waals surface area contributed by atoms with Gasteiger partial charge in [-0.2, -0.15) is 0 Å². The van der Waals surface area contributed by atoms with Crippen LogP contribution in [0.5, 0.6) is 5.75 Å². The van der Waals surface area contributed by atoms with Gasteiger partial charge in [0.15, 0.2) is 6.61 Å². The van der Waals surface area contributed by atoms with Crippen molar-refractivity contribution in [2.45, 2.75) is 19.2 Å². The number of hydrogen-bond donors (Lipinski definition) is 2. The van der Waals surface area contributed by atoms with E-state index in [0.29, 0.717) is 6.07 Å². The number of rotatable bonds is 9. The monoisotopic (exact) mass is 460 g/mol. The standard InChI is InChI=1S/C20H17F5N2O5/c21-12-3-8-15(16(22)10-12)19(30)26-9-1-2-18(29)31-11-17(28)27-13-4-6-14(7-5-13)32-20(23,24)25/h3-8,10H,1-2,9,11H2,(H,26,30)(H,27,28). The average molecular weight is 460 g/mol. The van der Waals surface area contributed by atoms with Crippen LogP contribution in [0.25, 0.3) is 0 Å². The molecule has 32 heavy (non-hydrogen) atoms. The van der Waals surface area contributed by atoms with E-state index >= 15 is 0 Å². The molecule has 2 aromatic carbocycles. The number of amides is 2. The second kappa shape index (κ2) is 11.1. The summed E-state index contributed by atoms with van der Waals surface area (Å²) in [6.07, 6.45) is -4.85. The van der Waals surface area contributed by atoms with Gasteiger partial charge in [0.25, 0.3) is 11.8 Å². The number of ether oxygens (including phenoxy) is 2. The quantitative estimate of drug-likeness (QED) is 0.339. The van der Waals surface area contributed by atoms with Crippen molar-refractivity contribution in [2.75, 3.05) is 18.5 Å². The molecule has 12 heteroatoms. The van der Waals surface area contributed by atoms with Gasteiger partial charge in [0, 0.05) is 24.7 Å². The van der Waals surface area contributed by atoms with E-state index in [4.69, 9.17) is 4.74 Å². The topological polar surface area (TPSA) is 93.7 Å². The van der Waals surface area contributed by atoms with Crippen molar-refractivity contribution < 1.29 is 45.8 Å². The fourth-order valence-corrected chi connectivity index (χ4v) is 2.36. The predicted molar refractivity (Wildman–Crippen MR) is 101 cm³/mol. The Morgan fingerprint density at radius 2 is 1.66 bits per heavy atom. The lowest BCUT2D eigenvalue weighted by molar-refractivity contribution is -0.274. The molecular formula is C20H17F5N2O5. The van der Waals surface area contributed by atoms with Gasteiger partial charge >= 0.3 is 12.3 Å². The minimum atomic E-state index is -4.83. The number of alkyl halides is 3. The number of benzene rings is 2. The zero-order chi connectivity index (χ0) is 23.7. The van der Waals surface area contributed by atoms with Crippen molar-refractivity contribution in [3.05, 3.63) is 59.7 Å². The maximum atomic E-state index is 13.5. The summed E-state index contributed by atoms with van der Waals surface area (Å²) in [4.78, 5) is 35.2. The Bertz CT molecular complexity index is 964. The number of esters is 1. The first-order valence-corrected chi connectivity index (χ1v) is 9.08. The molecule has 0 bridgehead atoms. The summed E-state index contributed by atoms with van der Waals surface area (Å²) in [7, 11) is 0. The third kappa shape index (κ3) is 8.58. The van der Waals surface area contributed by atoms with E-state index in [1.54, 1.807) is 0 Å². The van der Waals surface area contributed by atoms with Gasteiger partial charge in [-0.05, 0) is 42.8 Å². The smallest absolute Gasteiger partial charge is 0.456 e. The number of halogens is 5. The molecular weight excluding hydrogens is 443 g/mol. The van der Waals surface area contributed by atoms with Gasteiger partial charge < -0.3 is 20.1 Å². The molecule has 2 N–H and O–H groups in total. The van der Waals surface area contributed by atoms with Gasteiger partial charge in [0.1, 0.15) is 17.4 Å². The molecule has 2 rings (SSSR count). The summed E-state index contributed by atoms with van der Waals surface area (Å²) < 4.78 is 71.1. The summed E-state index contributed by atoms with van der Waals surface area (Å²) in [6, 6.07) is 6.85. The van der Waals surface area contributed by atoms with E-state index in [2.05, 4.69) is 15.4 Å². The fourth-order valence-electron chi connectivity index (χ4n) is 2.36. The van der Waals surface area contributed by atoms with Crippen molar-refractivity contribution in [3.63, 3.8) is 0 Å². The van der Waals surface area contributed by atoms with Crippen LogP contribution < -0.4 is 15.4 Å². The van der Waals surface area contributed by atoms with Gasteiger partial charge in [-0.1, -0.05) is 0 Å². The van der Waals surface area contributed by atoms with Crippen LogP contribution in [0.2, 0.25) is 0 Å². The van der Waals surface area contributed by atoms with E-state index in [-0.39, 0.29) is 30.6 Å². The fraction of sp³-hybridized carbons (Fsp3) is 0.250. The highest BCUT2D eigenvalue weighted by Gasteiger charge is 2.31. The zero-order valence-electron chi connectivity index (χ0n) is 16.3. The molecule has 0 saturated carbocycles. The van der Waals surface area contributed by atoms with Crippen LogP contribution in [0.1, 0.15) is 23.2 Å². The predicted octanol–water partition coefficient (Wildman–Crippen LogP) is 3.56. The maximum Gasteiger partial charge on any atom is 0.573 e. The number of carbonyl (C=O) groups excluding carboxylic acids is 3. The Morgan fingerprint density at radius 3 is 2.28 bits per heavy atom. The zero-order valence-corrected chi connectivity index (χ0v) is 16.3. The maximum absolute atomic E-state index is 13.5. The second-order valence-electron chi connectivity index (χ2n) is 6.26. The summed E-state index contributed by atoms with van der Waals surface area (Å²) in [5, 5.41) is 4.69. The lowest BCUT2D eigenvalue weighted by atomic mass is 10.2. The van der Waals surface area contributed by atoms with E-state index < -0.39 is 48.1 Å². The minimum Gasteiger partial charge on any atom is -0.456 e. The van der Waals surface area contributed by atoms with E-state index in [9.17, 15) is 36.3 Å². The Morgan fingerprint density at radius 1 is 0.969 bits per heavy atom. The first-order valence-electron chi connectivity index (χ1n) is 9.08. The molecule has 7 nitrogen and oxygen atoms in total. The lowest BCUT2D eigenvalue weighted by Gasteiger charge is -2.10. The normalized spacial score (nSPS) is 10.9. The number of carbonyl (C=O) groups is 3. The first kappa shape index (κ1) is 24.6. The minimum absolute atomic E-state index is 0.00327. The van der Waals surface area contributed by atoms with Crippen LogP contribution in [-0.4, -0.2) is 37.3 Å². The third-order valence-electron chi connectivity index (χ3n) is 3.75. The number of hydrogen-bond acceptors (Lipinski definition) is 5. The second-order valence-corrected chi connectivity index (χ2v) is 6.26. The van der Waals surface area contributed by atoms with Crippen LogP contribution in [0.15, 0.2) is 42.5 Å². The lowest BCUT2D eigenvalue weighted by Crippen LogP contribution is -2.26. The van der Waals surface area contributed by atoms with Crippen LogP contribution in [-0.2, 0) is 14.3 Å². The van der Waals surface area contributed by atoms with Gasteiger partial charge in [-0.25, -0.2) is 8.78 Å². The van der Waals surface area contributed by atoms with Crippen molar-refractivity contribution in [3.8, 4) is 5.75 Å². The molecule has 0 heterocycles. The molecule has 0 spiro atoms. The number of anilines is 1. The van der Waals surface area contributed by atoms with Gasteiger partial charge in [-0.3, -0.25) is 14.4 Å². The molecule has 2 aromatic rings. The Hall–Kier alpha value is -3.70. The molecule has 0 aromatic heterocycles. The van der Waals surface area contributed by atoms with Crippen LogP contribution in [0, 0.1) is 11.6 Å². The van der Waals surface area contributed by atoms with Crippen LogP contribution >= 0.6 is 0 Å². The molecule has 0 radical (unpaired) electrons. The SMILES string of the molecule is O=C(COC(=O)CCCNC(=O)c1ccc(F)cc1F)Nc1ccc(OC(F)(F)F)cc1. The third-order valence-corrected chi connectivity index (χ3v) is 3.75.